The van der Waals surface area contributed by atoms with Crippen LogP contribution < -0.4 is 30.4 Å². The van der Waals surface area contributed by atoms with E-state index >= 15 is 0 Å². The highest BCUT2D eigenvalue weighted by Crippen LogP contribution is 2.41. The molecule has 0 fully saturated rings. The Morgan fingerprint density at radius 3 is 2.00 bits per heavy atom. The molecule has 0 heterocycles. The van der Waals surface area contributed by atoms with E-state index in [1.165, 1.54) is 0 Å². The third kappa shape index (κ3) is 30.3. The molecule has 0 aliphatic carbocycles. The summed E-state index contributed by atoms with van der Waals surface area (Å²) >= 11 is 0. The molecular weight excluding hydrogens is 502 g/mol. The molecule has 182 valence electrons. The lowest BCUT2D eigenvalue weighted by atomic mass is 10.2. The maximum Gasteiger partial charge on any atom is 0.488 e. The molecule has 0 aliphatic rings. The van der Waals surface area contributed by atoms with Crippen molar-refractivity contribution in [1.29, 1.82) is 0 Å². The van der Waals surface area contributed by atoms with Crippen molar-refractivity contribution in [3.05, 3.63) is 0 Å². The van der Waals surface area contributed by atoms with Gasteiger partial charge < -0.3 is 49.2 Å². The fraction of sp³-hybridized carbons (Fsp3) is 1.00. The van der Waals surface area contributed by atoms with Crippen LogP contribution in [-0.2, 0) is 45.8 Å². The second kappa shape index (κ2) is 21.0. The van der Waals surface area contributed by atoms with Crippen LogP contribution in [0.25, 0.3) is 0 Å². The van der Waals surface area contributed by atoms with Crippen LogP contribution in [0.5, 0.6) is 0 Å². The summed E-state index contributed by atoms with van der Waals surface area (Å²) in [7, 11) is -11.1. The van der Waals surface area contributed by atoms with Crippen LogP contribution in [-0.4, -0.2) is 59.1 Å². The monoisotopic (exact) mass is 524 g/mol. The van der Waals surface area contributed by atoms with Gasteiger partial charge in [0.25, 0.3) is 8.25 Å². The molecule has 0 spiro atoms. The molecule has 0 rings (SSSR count). The van der Waals surface area contributed by atoms with Crippen molar-refractivity contribution in [3.8, 4) is 0 Å². The first-order chi connectivity index (χ1) is 13.8. The topological polar surface area (TPSA) is 271 Å². The third-order valence-electron chi connectivity index (χ3n) is 2.21. The van der Waals surface area contributed by atoms with Gasteiger partial charge in [0, 0.05) is 26.2 Å². The molecule has 0 aliphatic heterocycles. The molecule has 21 heteroatoms. The van der Waals surface area contributed by atoms with Crippen molar-refractivity contribution >= 4 is 31.9 Å². The van der Waals surface area contributed by atoms with Gasteiger partial charge in [-0.05, 0) is 18.4 Å². The van der Waals surface area contributed by atoms with Crippen molar-refractivity contribution in [2.75, 3.05) is 54.2 Å². The molecule has 0 aromatic rings. The third-order valence-corrected chi connectivity index (χ3v) is 4.31. The molecule has 0 amide bonds. The number of hydrogen-bond acceptors (Lipinski definition) is 16. The quantitative estimate of drug-likeness (QED) is 0.0730. The summed E-state index contributed by atoms with van der Waals surface area (Å²) in [5, 5.41) is 21.6. The maximum absolute atomic E-state index is 10.9. The molecule has 0 aromatic carbocycles. The second-order valence-corrected chi connectivity index (χ2v) is 9.19. The summed E-state index contributed by atoms with van der Waals surface area (Å²) in [4.78, 5) is 36.1. The Morgan fingerprint density at radius 1 is 1.13 bits per heavy atom. The number of ether oxygens (including phenoxy) is 1. The highest BCUT2D eigenvalue weighted by atomic mass is 31.2. The standard InChI is InChI=1S/C7H17NO8P2.C2H6O5P.HO3P/c1-8-3-7(5-15-17(9)10)4-14-6-16-18(11,12)13-2;1-8(5,7-4)6-2-3;1-4(2)3/h7-8H,3-6H2,1-2H3,(H,11,12);4H,2H2,1H3;(H,1,2,3)/q;-1;/p-2. The average Bonchev–Trinajstić information content (AvgIpc) is 2.63. The molecule has 4 unspecified atom stereocenters. The predicted octanol–water partition coefficient (Wildman–Crippen LogP) is -3.61. The van der Waals surface area contributed by atoms with Gasteiger partial charge in [-0.15, -0.1) is 4.52 Å². The normalized spacial score (nSPS) is 16.0. The van der Waals surface area contributed by atoms with Gasteiger partial charge in [0.15, 0.2) is 6.79 Å². The minimum Gasteiger partial charge on any atom is -0.833 e. The van der Waals surface area contributed by atoms with Gasteiger partial charge >= 0.3 is 23.7 Å². The van der Waals surface area contributed by atoms with E-state index in [0.29, 0.717) is 6.54 Å². The Kier molecular flexibility index (Phi) is 24.3. The Labute approximate surface area is 173 Å². The van der Waals surface area contributed by atoms with Crippen LogP contribution in [0.15, 0.2) is 0 Å². The zero-order valence-electron chi connectivity index (χ0n) is 16.0. The first-order valence-electron chi connectivity index (χ1n) is 7.22. The van der Waals surface area contributed by atoms with E-state index in [2.05, 4.69) is 28.1 Å². The van der Waals surface area contributed by atoms with Crippen LogP contribution in [0.2, 0.25) is 0 Å². The van der Waals surface area contributed by atoms with Crippen molar-refractivity contribution in [1.82, 2.24) is 5.32 Å². The largest absolute Gasteiger partial charge is 0.833 e. The van der Waals surface area contributed by atoms with E-state index in [-0.39, 0.29) is 19.1 Å². The molecule has 0 saturated heterocycles. The van der Waals surface area contributed by atoms with E-state index in [4.69, 9.17) is 24.0 Å². The molecule has 30 heavy (non-hydrogen) atoms. The number of rotatable bonds is 14. The van der Waals surface area contributed by atoms with E-state index in [9.17, 15) is 29.0 Å². The number of phosphoric acid groups is 1. The first kappa shape index (κ1) is 34.7. The minimum absolute atomic E-state index is 0.0411. The lowest BCUT2D eigenvalue weighted by molar-refractivity contribution is -0.641. The van der Waals surface area contributed by atoms with Crippen LogP contribution in [0.4, 0.5) is 0 Å². The van der Waals surface area contributed by atoms with Gasteiger partial charge in [0.2, 0.25) is 0 Å². The number of phosphoric ester groups is 1. The van der Waals surface area contributed by atoms with Gasteiger partial charge in [-0.2, -0.15) is 0 Å². The lowest BCUT2D eigenvalue weighted by Gasteiger charge is -2.17. The minimum atomic E-state index is -4.05. The van der Waals surface area contributed by atoms with Crippen LogP contribution in [0.1, 0.15) is 0 Å². The zero-order valence-corrected chi connectivity index (χ0v) is 19.6. The van der Waals surface area contributed by atoms with Gasteiger partial charge in [0.1, 0.15) is 6.61 Å². The fourth-order valence-corrected chi connectivity index (χ4v) is 1.99. The van der Waals surface area contributed by atoms with Crippen molar-refractivity contribution in [2.45, 2.75) is 0 Å². The van der Waals surface area contributed by atoms with Crippen molar-refractivity contribution < 1.29 is 75.7 Å². The van der Waals surface area contributed by atoms with E-state index in [1.54, 1.807) is 7.05 Å². The molecule has 2 N–H and O–H groups in total. The zero-order chi connectivity index (χ0) is 24.2. The number of nitrogens with one attached hydrogen (secondary N) is 1. The Hall–Kier alpha value is 0.140. The van der Waals surface area contributed by atoms with E-state index < -0.39 is 45.5 Å². The fourth-order valence-electron chi connectivity index (χ4n) is 1.11. The predicted molar refractivity (Wildman–Crippen MR) is 87.9 cm³/mol. The van der Waals surface area contributed by atoms with Crippen molar-refractivity contribution in [2.24, 2.45) is 5.92 Å². The molecule has 0 saturated carbocycles. The molecular formula is C9H22NO16P4-3. The number of hydrogen-bond donors (Lipinski definition) is 2. The highest BCUT2D eigenvalue weighted by molar-refractivity contribution is 7.52. The van der Waals surface area contributed by atoms with E-state index in [1.807, 2.05) is 0 Å². The summed E-state index contributed by atoms with van der Waals surface area (Å²) in [6.07, 6.45) is 0. The average molecular weight is 524 g/mol. The maximum atomic E-state index is 10.9. The summed E-state index contributed by atoms with van der Waals surface area (Å²) < 4.78 is 64.7. The summed E-state index contributed by atoms with van der Waals surface area (Å²) in [6.45, 7) is -0.00215. The van der Waals surface area contributed by atoms with Gasteiger partial charge in [-0.3, -0.25) is 13.6 Å². The van der Waals surface area contributed by atoms with Crippen molar-refractivity contribution in [3.63, 3.8) is 0 Å². The SMILES string of the molecule is CNCC(COCOP(=O)(O)OC)CO[P+](=O)[O-].CP(=O)(O[O-])OC[O-].O=[P+]([O-])[O-]. The Bertz CT molecular complexity index is 545. The highest BCUT2D eigenvalue weighted by Gasteiger charge is 2.19. The molecule has 4 atom stereocenters. The van der Waals surface area contributed by atoms with Crippen LogP contribution >= 0.6 is 31.9 Å². The summed E-state index contributed by atoms with van der Waals surface area (Å²) in [5.74, 6) is -0.230. The van der Waals surface area contributed by atoms with Gasteiger partial charge in [-0.25, -0.2) is 4.57 Å². The van der Waals surface area contributed by atoms with Gasteiger partial charge in [-0.1, -0.05) is 4.57 Å². The molecule has 0 aromatic heterocycles. The summed E-state index contributed by atoms with van der Waals surface area (Å²) in [6, 6.07) is 0. The van der Waals surface area contributed by atoms with Crippen LogP contribution in [0.3, 0.4) is 0 Å². The first-order valence-corrected chi connectivity index (χ1v) is 12.9. The summed E-state index contributed by atoms with van der Waals surface area (Å²) in [5.41, 5.74) is 0. The Balaban J connectivity index is -0.000000500. The smallest absolute Gasteiger partial charge is 0.488 e. The molecule has 0 radical (unpaired) electrons. The molecule has 0 bridgehead atoms. The van der Waals surface area contributed by atoms with E-state index in [0.717, 1.165) is 13.8 Å². The lowest BCUT2D eigenvalue weighted by Crippen LogP contribution is -2.27. The second-order valence-electron chi connectivity index (χ2n) is 4.53. The van der Waals surface area contributed by atoms with Gasteiger partial charge in [0.05, 0.1) is 6.61 Å². The Morgan fingerprint density at radius 2 is 1.67 bits per heavy atom. The molecule has 17 nitrogen and oxygen atoms in total. The van der Waals surface area contributed by atoms with Crippen LogP contribution in [0, 0.1) is 5.92 Å².